The minimum absolute atomic E-state index is 0.0380. The fourth-order valence-electron chi connectivity index (χ4n) is 6.84. The van der Waals surface area contributed by atoms with Gasteiger partial charge in [0.2, 0.25) is 0 Å². The maximum absolute atomic E-state index is 5.86. The van der Waals surface area contributed by atoms with Gasteiger partial charge >= 0.3 is 120 Å². The van der Waals surface area contributed by atoms with Gasteiger partial charge in [-0.1, -0.05) is 131 Å². The molecule has 8 rings (SSSR count). The summed E-state index contributed by atoms with van der Waals surface area (Å²) in [5.74, 6) is 0. The van der Waals surface area contributed by atoms with Crippen LogP contribution >= 0.6 is 23.2 Å². The molecule has 0 fully saturated rings. The summed E-state index contributed by atoms with van der Waals surface area (Å²) >= 11 is 13.1. The van der Waals surface area contributed by atoms with E-state index in [1.807, 2.05) is 60.7 Å². The third-order valence-electron chi connectivity index (χ3n) is 9.67. The minimum Gasteiger partial charge on any atom is -0.273 e. The van der Waals surface area contributed by atoms with Crippen LogP contribution in [0, 0.1) is 12.1 Å². The molecule has 54 heavy (non-hydrogen) atoms. The van der Waals surface area contributed by atoms with E-state index in [4.69, 9.17) is 23.2 Å². The van der Waals surface area contributed by atoms with Gasteiger partial charge in [-0.05, 0) is 39.5 Å². The number of benzene rings is 6. The number of hydrogen-bond donors (Lipinski definition) is 0. The summed E-state index contributed by atoms with van der Waals surface area (Å²) in [7, 11) is 0. The molecule has 0 heterocycles. The zero-order valence-electron chi connectivity index (χ0n) is 32.0. The van der Waals surface area contributed by atoms with Crippen LogP contribution in [-0.4, -0.2) is 3.21 Å². The SMILES string of the molecule is CC(C)(C)c1cc2c([c-]c1-c1ccccc1)Cc1cc(-c3ccccc3)c(C(C)(C)C)cc1-2.Clc1ccc([C](=[Zr+2])c2ccc(Cl)cc2)cc1.[C-]1=CC=CC1. The summed E-state index contributed by atoms with van der Waals surface area (Å²) < 4.78 is 1.31. The summed E-state index contributed by atoms with van der Waals surface area (Å²) in [6.45, 7) is 13.9. The van der Waals surface area contributed by atoms with Crippen molar-refractivity contribution in [2.45, 2.75) is 65.2 Å². The van der Waals surface area contributed by atoms with Gasteiger partial charge in [-0.3, -0.25) is 6.08 Å². The van der Waals surface area contributed by atoms with Crippen LogP contribution in [0.15, 0.2) is 146 Å². The van der Waals surface area contributed by atoms with Crippen LogP contribution < -0.4 is 0 Å². The first kappa shape index (κ1) is 39.8. The van der Waals surface area contributed by atoms with Crippen LogP contribution in [0.1, 0.15) is 81.3 Å². The molecular formula is C51H46Cl2Zr. The second kappa shape index (κ2) is 17.3. The van der Waals surface area contributed by atoms with E-state index in [0.29, 0.717) is 0 Å². The normalized spacial score (nSPS) is 12.6. The Morgan fingerprint density at radius 2 is 1.11 bits per heavy atom. The fourth-order valence-corrected chi connectivity index (χ4v) is 7.91. The van der Waals surface area contributed by atoms with Crippen molar-refractivity contribution >= 4 is 26.4 Å². The topological polar surface area (TPSA) is 0 Å². The molecule has 2 aliphatic rings. The Morgan fingerprint density at radius 3 is 1.57 bits per heavy atom. The maximum atomic E-state index is 5.86. The quantitative estimate of drug-likeness (QED) is 0.155. The zero-order valence-corrected chi connectivity index (χ0v) is 36.0. The molecule has 0 aliphatic heterocycles. The number of hydrogen-bond acceptors (Lipinski definition) is 0. The van der Waals surface area contributed by atoms with Crippen molar-refractivity contribution in [3.05, 3.63) is 201 Å². The Morgan fingerprint density at radius 1 is 0.593 bits per heavy atom. The molecule has 0 spiro atoms. The minimum atomic E-state index is 0.0380. The standard InChI is InChI=1S/C33H33.C13H8Cl2.C5H5.Zr/c1-32(2,3)30-20-26-24(18-28(30)22-13-9-7-10-14-22)17-25-19-29(23-15-11-8-12-16-23)31(21-27(25)26)33(4,5)6;14-12-5-1-10(2-6-12)9-11-3-7-13(15)8-4-11;1-2-4-5-3-1;/h7-16,18,20-21H,17H2,1-6H3;1-8H;1-3H,4H2;/q-1;;-1;+2. The molecule has 2 aliphatic carbocycles. The second-order valence-corrected chi connectivity index (χ2v) is 17.9. The molecule has 0 nitrogen and oxygen atoms in total. The largest absolute Gasteiger partial charge is 0.273 e. The molecule has 0 saturated carbocycles. The molecular weight excluding hydrogens is 775 g/mol. The third-order valence-corrected chi connectivity index (χ3v) is 11.6. The van der Waals surface area contributed by atoms with Gasteiger partial charge in [0, 0.05) is 0 Å². The van der Waals surface area contributed by atoms with Gasteiger partial charge < -0.3 is 0 Å². The van der Waals surface area contributed by atoms with E-state index < -0.39 is 0 Å². The van der Waals surface area contributed by atoms with Crippen LogP contribution in [0.5, 0.6) is 0 Å². The van der Waals surface area contributed by atoms with Crippen molar-refractivity contribution in [2.75, 3.05) is 0 Å². The molecule has 0 aromatic heterocycles. The summed E-state index contributed by atoms with van der Waals surface area (Å²) in [5, 5.41) is 1.53. The molecule has 0 atom stereocenters. The van der Waals surface area contributed by atoms with Gasteiger partial charge in [-0.25, -0.2) is 12.2 Å². The first-order valence-electron chi connectivity index (χ1n) is 18.5. The zero-order chi connectivity index (χ0) is 38.5. The first-order valence-corrected chi connectivity index (χ1v) is 20.5. The van der Waals surface area contributed by atoms with Crippen molar-refractivity contribution < 1.29 is 24.2 Å². The monoisotopic (exact) mass is 818 g/mol. The van der Waals surface area contributed by atoms with Gasteiger partial charge in [-0.15, -0.1) is 35.2 Å². The summed E-state index contributed by atoms with van der Waals surface area (Å²) in [4.78, 5) is 0. The molecule has 0 radical (unpaired) electrons. The number of rotatable bonds is 4. The summed E-state index contributed by atoms with van der Waals surface area (Å²) in [5.41, 5.74) is 15.9. The molecule has 6 aromatic rings. The average Bonchev–Trinajstić information content (AvgIpc) is 3.86. The molecule has 3 heteroatoms. The average molecular weight is 821 g/mol. The van der Waals surface area contributed by atoms with Crippen LogP contribution in [-0.2, 0) is 41.5 Å². The molecule has 268 valence electrons. The van der Waals surface area contributed by atoms with E-state index >= 15 is 0 Å². The van der Waals surface area contributed by atoms with E-state index in [0.717, 1.165) is 22.9 Å². The van der Waals surface area contributed by atoms with Gasteiger partial charge in [0.25, 0.3) is 0 Å². The Kier molecular flexibility index (Phi) is 12.8. The van der Waals surface area contributed by atoms with Crippen molar-refractivity contribution in [3.63, 3.8) is 0 Å². The van der Waals surface area contributed by atoms with Gasteiger partial charge in [0.05, 0.1) is 0 Å². The summed E-state index contributed by atoms with van der Waals surface area (Å²) in [6.07, 6.45) is 10.9. The number of halogens is 2. The fraction of sp³-hybridized carbons (Fsp3) is 0.196. The van der Waals surface area contributed by atoms with Crippen molar-refractivity contribution in [1.82, 2.24) is 0 Å². The predicted octanol–water partition coefficient (Wildman–Crippen LogP) is 14.4. The third kappa shape index (κ3) is 9.67. The second-order valence-electron chi connectivity index (χ2n) is 15.8. The first-order chi connectivity index (χ1) is 25.8. The predicted molar refractivity (Wildman–Crippen MR) is 229 cm³/mol. The molecule has 0 saturated heterocycles. The van der Waals surface area contributed by atoms with Crippen LogP contribution in [0.2, 0.25) is 10.0 Å². The van der Waals surface area contributed by atoms with Crippen molar-refractivity contribution in [3.8, 4) is 33.4 Å². The summed E-state index contributed by atoms with van der Waals surface area (Å²) in [6, 6.07) is 48.7. The Bertz CT molecular complexity index is 2120. The Hall–Kier alpha value is -3.87. The van der Waals surface area contributed by atoms with Gasteiger partial charge in [-0.2, -0.15) is 6.08 Å². The number of allylic oxidation sites excluding steroid dienone is 4. The smallest absolute Gasteiger partial charge is 0.109 e. The molecule has 6 aromatic carbocycles. The van der Waals surface area contributed by atoms with E-state index in [-0.39, 0.29) is 10.8 Å². The van der Waals surface area contributed by atoms with Crippen LogP contribution in [0.25, 0.3) is 33.4 Å². The number of fused-ring (bicyclic) bond motifs is 3. The van der Waals surface area contributed by atoms with Crippen molar-refractivity contribution in [2.24, 2.45) is 0 Å². The molecule has 0 N–H and O–H groups in total. The Labute approximate surface area is 347 Å². The van der Waals surface area contributed by atoms with Gasteiger partial charge in [0.1, 0.15) is 0 Å². The van der Waals surface area contributed by atoms with Crippen LogP contribution in [0.4, 0.5) is 0 Å². The molecule has 0 bridgehead atoms. The van der Waals surface area contributed by atoms with Crippen LogP contribution in [0.3, 0.4) is 0 Å². The molecule has 0 unspecified atom stereocenters. The van der Waals surface area contributed by atoms with Crippen molar-refractivity contribution in [1.29, 1.82) is 0 Å². The van der Waals surface area contributed by atoms with Gasteiger partial charge in [0.15, 0.2) is 0 Å². The Balaban J connectivity index is 0.000000195. The van der Waals surface area contributed by atoms with E-state index in [1.54, 1.807) is 0 Å². The van der Waals surface area contributed by atoms with E-state index in [1.165, 1.54) is 94.2 Å². The van der Waals surface area contributed by atoms with E-state index in [2.05, 4.69) is 139 Å². The van der Waals surface area contributed by atoms with E-state index in [9.17, 15) is 0 Å². The maximum Gasteiger partial charge on any atom is -0.109 e. The molecule has 0 amide bonds.